The largest absolute Gasteiger partial charge is 0.544 e. The SMILES string of the molecule is CCCOc1ccc(CNC(=O)Cc2nc(C)c(C(=O)[O-])s2)cc1. The van der Waals surface area contributed by atoms with Gasteiger partial charge in [0, 0.05) is 6.54 Å². The van der Waals surface area contributed by atoms with Crippen molar-refractivity contribution in [1.29, 1.82) is 0 Å². The molecule has 0 aliphatic rings. The fraction of sp³-hybridized carbons (Fsp3) is 0.353. The van der Waals surface area contributed by atoms with Crippen LogP contribution in [0.2, 0.25) is 0 Å². The Morgan fingerprint density at radius 2 is 2.00 bits per heavy atom. The van der Waals surface area contributed by atoms with Crippen LogP contribution >= 0.6 is 11.3 Å². The fourth-order valence-corrected chi connectivity index (χ4v) is 2.94. The maximum absolute atomic E-state index is 12.0. The van der Waals surface area contributed by atoms with Crippen molar-refractivity contribution in [3.05, 3.63) is 45.4 Å². The summed E-state index contributed by atoms with van der Waals surface area (Å²) in [5.74, 6) is -0.665. The van der Waals surface area contributed by atoms with Crippen LogP contribution in [0.25, 0.3) is 0 Å². The van der Waals surface area contributed by atoms with E-state index in [0.717, 1.165) is 29.1 Å². The van der Waals surface area contributed by atoms with Gasteiger partial charge in [-0.25, -0.2) is 4.98 Å². The van der Waals surface area contributed by atoms with Crippen LogP contribution in [0.4, 0.5) is 0 Å². The van der Waals surface area contributed by atoms with Gasteiger partial charge in [-0.1, -0.05) is 19.1 Å². The van der Waals surface area contributed by atoms with E-state index in [2.05, 4.69) is 10.3 Å². The second-order valence-corrected chi connectivity index (χ2v) is 6.34. The first-order valence-corrected chi connectivity index (χ1v) is 8.47. The number of carbonyl (C=O) groups is 2. The van der Waals surface area contributed by atoms with Crippen LogP contribution in [0.1, 0.15) is 39.3 Å². The van der Waals surface area contributed by atoms with Gasteiger partial charge in [-0.3, -0.25) is 4.79 Å². The number of carboxylic acid groups (broad SMARTS) is 1. The van der Waals surface area contributed by atoms with Crippen molar-refractivity contribution in [2.45, 2.75) is 33.2 Å². The van der Waals surface area contributed by atoms with Gasteiger partial charge >= 0.3 is 0 Å². The summed E-state index contributed by atoms with van der Waals surface area (Å²) in [6.07, 6.45) is 1.00. The predicted octanol–water partition coefficient (Wildman–Crippen LogP) is 1.46. The summed E-state index contributed by atoms with van der Waals surface area (Å²) in [5.41, 5.74) is 1.34. The van der Waals surface area contributed by atoms with Crippen LogP contribution in [0.5, 0.6) is 5.75 Å². The highest BCUT2D eigenvalue weighted by Crippen LogP contribution is 2.17. The van der Waals surface area contributed by atoms with Crippen LogP contribution < -0.4 is 15.2 Å². The van der Waals surface area contributed by atoms with E-state index in [1.54, 1.807) is 6.92 Å². The number of ether oxygens (including phenoxy) is 1. The van der Waals surface area contributed by atoms with Gasteiger partial charge in [-0.2, -0.15) is 0 Å². The van der Waals surface area contributed by atoms with Crippen LogP contribution in [0, 0.1) is 6.92 Å². The number of hydrogen-bond donors (Lipinski definition) is 1. The number of carboxylic acids is 1. The number of hydrogen-bond acceptors (Lipinski definition) is 6. The molecule has 0 unspecified atom stereocenters. The molecule has 0 bridgehead atoms. The van der Waals surface area contributed by atoms with E-state index in [1.165, 1.54) is 0 Å². The number of nitrogens with zero attached hydrogens (tertiary/aromatic N) is 1. The molecule has 6 nitrogen and oxygen atoms in total. The molecule has 0 spiro atoms. The molecule has 2 rings (SSSR count). The summed E-state index contributed by atoms with van der Waals surface area (Å²) < 4.78 is 5.50. The minimum Gasteiger partial charge on any atom is -0.544 e. The van der Waals surface area contributed by atoms with E-state index in [-0.39, 0.29) is 17.2 Å². The van der Waals surface area contributed by atoms with Crippen molar-refractivity contribution >= 4 is 23.2 Å². The number of amides is 1. The molecular formula is C17H19N2O4S-. The van der Waals surface area contributed by atoms with Crippen molar-refractivity contribution in [3.63, 3.8) is 0 Å². The molecule has 1 aromatic carbocycles. The van der Waals surface area contributed by atoms with Gasteiger partial charge in [-0.05, 0) is 31.0 Å². The number of rotatable bonds is 8. The van der Waals surface area contributed by atoms with Crippen LogP contribution in [0.3, 0.4) is 0 Å². The molecule has 0 atom stereocenters. The minimum absolute atomic E-state index is 0.0521. The van der Waals surface area contributed by atoms with Crippen LogP contribution in [0.15, 0.2) is 24.3 Å². The molecule has 128 valence electrons. The number of benzene rings is 1. The van der Waals surface area contributed by atoms with Crippen molar-refractivity contribution in [3.8, 4) is 5.75 Å². The highest BCUT2D eigenvalue weighted by molar-refractivity contribution is 7.13. The zero-order valence-electron chi connectivity index (χ0n) is 13.6. The summed E-state index contributed by atoms with van der Waals surface area (Å²) in [6.45, 7) is 4.71. The molecule has 0 radical (unpaired) electrons. The number of nitrogens with one attached hydrogen (secondary N) is 1. The molecule has 1 heterocycles. The Hall–Kier alpha value is -2.41. The third-order valence-electron chi connectivity index (χ3n) is 3.22. The average Bonchev–Trinajstić information content (AvgIpc) is 2.92. The van der Waals surface area contributed by atoms with Crippen molar-refractivity contribution in [2.75, 3.05) is 6.61 Å². The lowest BCUT2D eigenvalue weighted by atomic mass is 10.2. The molecule has 1 aromatic heterocycles. The smallest absolute Gasteiger partial charge is 0.227 e. The van der Waals surface area contributed by atoms with Gasteiger partial charge in [0.2, 0.25) is 5.91 Å². The maximum atomic E-state index is 12.0. The molecule has 7 heteroatoms. The summed E-state index contributed by atoms with van der Waals surface area (Å²) in [6, 6.07) is 7.53. The standard InChI is InChI=1S/C17H20N2O4S/c1-3-8-23-13-6-4-12(5-7-13)10-18-14(20)9-15-19-11(2)16(24-15)17(21)22/h4-7H,3,8-10H2,1-2H3,(H,18,20)(H,21,22)/p-1. The Balaban J connectivity index is 1.84. The van der Waals surface area contributed by atoms with E-state index >= 15 is 0 Å². The third kappa shape index (κ3) is 5.06. The normalized spacial score (nSPS) is 10.4. The first kappa shape index (κ1) is 17.9. The topological polar surface area (TPSA) is 91.3 Å². The molecule has 1 N–H and O–H groups in total. The van der Waals surface area contributed by atoms with Gasteiger partial charge in [0.25, 0.3) is 0 Å². The second-order valence-electron chi connectivity index (χ2n) is 5.26. The Labute approximate surface area is 144 Å². The number of thiazole rings is 1. The Morgan fingerprint density at radius 1 is 1.29 bits per heavy atom. The highest BCUT2D eigenvalue weighted by atomic mass is 32.1. The Bertz CT molecular complexity index is 710. The number of carbonyl (C=O) groups excluding carboxylic acids is 2. The average molecular weight is 347 g/mol. The Morgan fingerprint density at radius 3 is 2.58 bits per heavy atom. The summed E-state index contributed by atoms with van der Waals surface area (Å²) in [5, 5.41) is 14.1. The molecule has 1 amide bonds. The maximum Gasteiger partial charge on any atom is 0.227 e. The lowest BCUT2D eigenvalue weighted by Crippen LogP contribution is -2.24. The van der Waals surface area contributed by atoms with Gasteiger partial charge in [0.05, 0.1) is 29.6 Å². The molecule has 0 saturated heterocycles. The zero-order valence-corrected chi connectivity index (χ0v) is 14.4. The predicted molar refractivity (Wildman–Crippen MR) is 89.0 cm³/mol. The molecule has 0 aliphatic heterocycles. The van der Waals surface area contributed by atoms with E-state index in [4.69, 9.17) is 4.74 Å². The monoisotopic (exact) mass is 347 g/mol. The lowest BCUT2D eigenvalue weighted by Gasteiger charge is -2.07. The number of aromatic nitrogens is 1. The fourth-order valence-electron chi connectivity index (χ4n) is 2.04. The minimum atomic E-state index is -1.26. The van der Waals surface area contributed by atoms with E-state index in [0.29, 0.717) is 23.9 Å². The molecule has 0 aliphatic carbocycles. The molecule has 0 saturated carbocycles. The van der Waals surface area contributed by atoms with Crippen molar-refractivity contribution in [1.82, 2.24) is 10.3 Å². The number of aryl methyl sites for hydroxylation is 1. The van der Waals surface area contributed by atoms with E-state index in [1.807, 2.05) is 31.2 Å². The van der Waals surface area contributed by atoms with E-state index in [9.17, 15) is 14.7 Å². The molecule has 0 fully saturated rings. The van der Waals surface area contributed by atoms with Crippen molar-refractivity contribution in [2.24, 2.45) is 0 Å². The second kappa shape index (κ2) is 8.44. The van der Waals surface area contributed by atoms with Crippen LogP contribution in [-0.2, 0) is 17.8 Å². The first-order valence-electron chi connectivity index (χ1n) is 7.65. The molecule has 2 aromatic rings. The van der Waals surface area contributed by atoms with Gasteiger partial charge < -0.3 is 20.0 Å². The van der Waals surface area contributed by atoms with E-state index < -0.39 is 5.97 Å². The van der Waals surface area contributed by atoms with Crippen LogP contribution in [-0.4, -0.2) is 23.5 Å². The first-order chi connectivity index (χ1) is 11.5. The zero-order chi connectivity index (χ0) is 17.5. The highest BCUT2D eigenvalue weighted by Gasteiger charge is 2.11. The third-order valence-corrected chi connectivity index (χ3v) is 4.36. The lowest BCUT2D eigenvalue weighted by molar-refractivity contribution is -0.254. The number of aromatic carboxylic acids is 1. The summed E-state index contributed by atoms with van der Waals surface area (Å²) in [7, 11) is 0. The molecular weight excluding hydrogens is 328 g/mol. The van der Waals surface area contributed by atoms with Crippen molar-refractivity contribution < 1.29 is 19.4 Å². The summed E-state index contributed by atoms with van der Waals surface area (Å²) in [4.78, 5) is 27.0. The van der Waals surface area contributed by atoms with Gasteiger partial charge in [0.1, 0.15) is 10.8 Å². The van der Waals surface area contributed by atoms with Gasteiger partial charge in [0.15, 0.2) is 0 Å². The molecule has 24 heavy (non-hydrogen) atoms. The Kier molecular flexibility index (Phi) is 6.31. The quantitative estimate of drug-likeness (QED) is 0.781. The van der Waals surface area contributed by atoms with Gasteiger partial charge in [-0.15, -0.1) is 11.3 Å². The summed E-state index contributed by atoms with van der Waals surface area (Å²) >= 11 is 0.977.